The zero-order valence-corrected chi connectivity index (χ0v) is 18.1. The molecule has 3 aromatic rings. The topological polar surface area (TPSA) is 68.8 Å². The summed E-state index contributed by atoms with van der Waals surface area (Å²) in [6.07, 6.45) is 3.54. The zero-order valence-electron chi connectivity index (χ0n) is 18.1. The van der Waals surface area contributed by atoms with Gasteiger partial charge in [0, 0.05) is 24.8 Å². The van der Waals surface area contributed by atoms with Crippen LogP contribution in [0.1, 0.15) is 49.3 Å². The molecule has 0 aliphatic heterocycles. The van der Waals surface area contributed by atoms with Crippen molar-refractivity contribution in [2.45, 2.75) is 53.6 Å². The Morgan fingerprint density at radius 1 is 1.14 bits per heavy atom. The molecule has 0 saturated heterocycles. The molecule has 0 saturated carbocycles. The van der Waals surface area contributed by atoms with Crippen LogP contribution < -0.4 is 0 Å². The van der Waals surface area contributed by atoms with Gasteiger partial charge in [-0.1, -0.05) is 26.0 Å². The molecule has 2 heterocycles. The lowest BCUT2D eigenvalue weighted by molar-refractivity contribution is -0.131. The van der Waals surface area contributed by atoms with Gasteiger partial charge in [-0.25, -0.2) is 9.67 Å². The summed E-state index contributed by atoms with van der Waals surface area (Å²) in [5.41, 5.74) is 5.08. The van der Waals surface area contributed by atoms with Crippen molar-refractivity contribution in [2.75, 3.05) is 7.05 Å². The van der Waals surface area contributed by atoms with Crippen LogP contribution in [0.25, 0.3) is 5.69 Å². The number of amides is 1. The van der Waals surface area contributed by atoms with Crippen molar-refractivity contribution in [1.82, 2.24) is 29.4 Å². The summed E-state index contributed by atoms with van der Waals surface area (Å²) in [6, 6.07) is 8.01. The summed E-state index contributed by atoms with van der Waals surface area (Å²) in [4.78, 5) is 18.8. The molecular weight excluding hydrogens is 364 g/mol. The highest BCUT2D eigenvalue weighted by molar-refractivity contribution is 5.79. The number of rotatable bonds is 7. The van der Waals surface area contributed by atoms with E-state index in [1.807, 2.05) is 54.7 Å². The second kappa shape index (κ2) is 8.59. The second-order valence-electron chi connectivity index (χ2n) is 8.01. The lowest BCUT2D eigenvalue weighted by Crippen LogP contribution is -2.31. The van der Waals surface area contributed by atoms with Crippen LogP contribution in [0.15, 0.2) is 36.9 Å². The third-order valence-corrected chi connectivity index (χ3v) is 5.43. The number of carbonyl (C=O) groups excluding carboxylic acids is 1. The largest absolute Gasteiger partial charge is 0.339 e. The van der Waals surface area contributed by atoms with Crippen molar-refractivity contribution in [3.05, 3.63) is 59.4 Å². The van der Waals surface area contributed by atoms with E-state index in [4.69, 9.17) is 0 Å². The summed E-state index contributed by atoms with van der Waals surface area (Å²) >= 11 is 0. The summed E-state index contributed by atoms with van der Waals surface area (Å²) in [6.45, 7) is 11.3. The quantitative estimate of drug-likeness (QED) is 0.615. The van der Waals surface area contributed by atoms with Gasteiger partial charge in [-0.15, -0.1) is 0 Å². The molecule has 0 fully saturated rings. The third kappa shape index (κ3) is 4.55. The average Bonchev–Trinajstić information content (AvgIpc) is 3.31. The third-order valence-electron chi connectivity index (χ3n) is 5.43. The number of aryl methyl sites for hydroxylation is 1. The Labute approximate surface area is 172 Å². The first-order valence-electron chi connectivity index (χ1n) is 10.0. The molecule has 0 spiro atoms. The van der Waals surface area contributed by atoms with Crippen molar-refractivity contribution < 1.29 is 4.79 Å². The van der Waals surface area contributed by atoms with Crippen molar-refractivity contribution in [2.24, 2.45) is 5.92 Å². The molecule has 29 heavy (non-hydrogen) atoms. The van der Waals surface area contributed by atoms with E-state index < -0.39 is 0 Å². The van der Waals surface area contributed by atoms with E-state index in [9.17, 15) is 4.79 Å². The average molecular weight is 395 g/mol. The van der Waals surface area contributed by atoms with Crippen molar-refractivity contribution in [3.8, 4) is 5.69 Å². The first-order chi connectivity index (χ1) is 13.8. The lowest BCUT2D eigenvalue weighted by Gasteiger charge is -2.25. The number of hydrogen-bond acceptors (Lipinski definition) is 4. The van der Waals surface area contributed by atoms with E-state index in [0.717, 1.165) is 34.7 Å². The Kier molecular flexibility index (Phi) is 6.15. The van der Waals surface area contributed by atoms with Crippen LogP contribution in [0.3, 0.4) is 0 Å². The molecule has 2 aromatic heterocycles. The molecule has 154 valence electrons. The Morgan fingerprint density at radius 3 is 2.41 bits per heavy atom. The molecule has 0 bridgehead atoms. The van der Waals surface area contributed by atoms with Crippen LogP contribution in [-0.4, -0.2) is 42.4 Å². The Morgan fingerprint density at radius 2 is 1.83 bits per heavy atom. The van der Waals surface area contributed by atoms with Crippen LogP contribution in [0.2, 0.25) is 0 Å². The molecule has 1 amide bonds. The summed E-state index contributed by atoms with van der Waals surface area (Å²) in [5.74, 6) is 0.605. The molecule has 7 heteroatoms. The van der Waals surface area contributed by atoms with Crippen LogP contribution in [0.5, 0.6) is 0 Å². The number of aromatic nitrogens is 5. The molecular formula is C22H30N6O. The number of carbonyl (C=O) groups is 1. The lowest BCUT2D eigenvalue weighted by atomic mass is 10.0. The van der Waals surface area contributed by atoms with Crippen LogP contribution >= 0.6 is 0 Å². The van der Waals surface area contributed by atoms with Gasteiger partial charge in [-0.2, -0.15) is 10.2 Å². The molecule has 0 aliphatic carbocycles. The maximum atomic E-state index is 13.0. The van der Waals surface area contributed by atoms with Gasteiger partial charge in [-0.05, 0) is 44.4 Å². The second-order valence-corrected chi connectivity index (χ2v) is 8.01. The van der Waals surface area contributed by atoms with E-state index in [1.165, 1.54) is 6.33 Å². The highest BCUT2D eigenvalue weighted by Gasteiger charge is 2.21. The molecule has 3 rings (SSSR count). The number of likely N-dealkylation sites (N-methyl/N-ethyl adjacent to an activating group) is 1. The zero-order chi connectivity index (χ0) is 21.1. The summed E-state index contributed by atoms with van der Waals surface area (Å²) in [5, 5.41) is 8.77. The SMILES string of the molecule is Cc1nn(CC(C)C)c(C)c1CC(=O)N(C)[C@@H](C)c1ccc(-n2cncn2)cc1. The standard InChI is InChI=1S/C22H30N6O/c1-15(2)12-27-18(5)21(16(3)25-27)11-22(29)26(6)17(4)19-7-9-20(10-8-19)28-14-23-13-24-28/h7-10,13-15,17H,11-12H2,1-6H3/t17-/m0/s1. The Bertz CT molecular complexity index is 956. The fourth-order valence-electron chi connectivity index (χ4n) is 3.48. The minimum absolute atomic E-state index is 0.0291. The highest BCUT2D eigenvalue weighted by Crippen LogP contribution is 2.22. The van der Waals surface area contributed by atoms with Crippen LogP contribution in [-0.2, 0) is 17.8 Å². The van der Waals surface area contributed by atoms with Gasteiger partial charge in [0.1, 0.15) is 12.7 Å². The fourth-order valence-corrected chi connectivity index (χ4v) is 3.48. The van der Waals surface area contributed by atoms with Gasteiger partial charge in [0.2, 0.25) is 5.91 Å². The normalized spacial score (nSPS) is 12.4. The van der Waals surface area contributed by atoms with Gasteiger partial charge in [0.25, 0.3) is 0 Å². The molecule has 1 atom stereocenters. The van der Waals surface area contributed by atoms with Gasteiger partial charge >= 0.3 is 0 Å². The Hall–Kier alpha value is -2.96. The van der Waals surface area contributed by atoms with Gasteiger partial charge in [0.15, 0.2) is 0 Å². The van der Waals surface area contributed by atoms with E-state index in [0.29, 0.717) is 12.3 Å². The number of hydrogen-bond donors (Lipinski definition) is 0. The van der Waals surface area contributed by atoms with Gasteiger partial charge < -0.3 is 4.90 Å². The first-order valence-corrected chi connectivity index (χ1v) is 10.0. The minimum Gasteiger partial charge on any atom is -0.339 e. The van der Waals surface area contributed by atoms with E-state index in [1.54, 1.807) is 11.0 Å². The maximum Gasteiger partial charge on any atom is 0.227 e. The molecule has 0 unspecified atom stereocenters. The summed E-state index contributed by atoms with van der Waals surface area (Å²) in [7, 11) is 1.86. The van der Waals surface area contributed by atoms with E-state index >= 15 is 0 Å². The Balaban J connectivity index is 1.71. The van der Waals surface area contributed by atoms with E-state index in [2.05, 4.69) is 36.0 Å². The minimum atomic E-state index is -0.0291. The van der Waals surface area contributed by atoms with Crippen molar-refractivity contribution >= 4 is 5.91 Å². The van der Waals surface area contributed by atoms with Crippen LogP contribution in [0.4, 0.5) is 0 Å². The first kappa shape index (κ1) is 20.8. The maximum absolute atomic E-state index is 13.0. The van der Waals surface area contributed by atoms with Crippen molar-refractivity contribution in [3.63, 3.8) is 0 Å². The van der Waals surface area contributed by atoms with Gasteiger partial charge in [0.05, 0.1) is 23.8 Å². The molecule has 1 aromatic carbocycles. The van der Waals surface area contributed by atoms with Crippen LogP contribution in [0, 0.1) is 19.8 Å². The monoisotopic (exact) mass is 394 g/mol. The summed E-state index contributed by atoms with van der Waals surface area (Å²) < 4.78 is 3.73. The fraction of sp³-hybridized carbons (Fsp3) is 0.455. The number of benzene rings is 1. The predicted octanol–water partition coefficient (Wildman–Crippen LogP) is 3.50. The predicted molar refractivity (Wildman–Crippen MR) is 113 cm³/mol. The molecule has 7 nitrogen and oxygen atoms in total. The molecule has 0 N–H and O–H groups in total. The highest BCUT2D eigenvalue weighted by atomic mass is 16.2. The molecule has 0 aliphatic rings. The smallest absolute Gasteiger partial charge is 0.227 e. The number of nitrogens with zero attached hydrogens (tertiary/aromatic N) is 6. The van der Waals surface area contributed by atoms with Crippen molar-refractivity contribution in [1.29, 1.82) is 0 Å². The van der Waals surface area contributed by atoms with E-state index in [-0.39, 0.29) is 11.9 Å². The molecule has 0 radical (unpaired) electrons. The van der Waals surface area contributed by atoms with Gasteiger partial charge in [-0.3, -0.25) is 9.48 Å².